The van der Waals surface area contributed by atoms with E-state index in [1.165, 1.54) is 12.5 Å². The third-order valence-electron chi connectivity index (χ3n) is 3.37. The molecule has 0 saturated carbocycles. The van der Waals surface area contributed by atoms with Gasteiger partial charge in [0.2, 0.25) is 17.7 Å². The van der Waals surface area contributed by atoms with Crippen LogP contribution in [0.4, 0.5) is 0 Å². The van der Waals surface area contributed by atoms with Gasteiger partial charge in [0.1, 0.15) is 18.6 Å². The number of nitrogens with one attached hydrogen (secondary N) is 4. The lowest BCUT2D eigenvalue weighted by molar-refractivity contribution is -0.138. The number of aliphatic hydroxyl groups is 1. The molecule has 3 atom stereocenters. The first-order chi connectivity index (χ1) is 12.8. The van der Waals surface area contributed by atoms with E-state index < -0.39 is 55.0 Å². The molecule has 0 radical (unpaired) electrons. The molecule has 8 N–H and O–H groups in total. The lowest BCUT2D eigenvalue weighted by atomic mass is 10.1. The molecule has 0 aliphatic rings. The van der Waals surface area contributed by atoms with E-state index in [1.54, 1.807) is 0 Å². The first-order valence-electron chi connectivity index (χ1n) is 7.83. The van der Waals surface area contributed by atoms with Crippen LogP contribution in [0.25, 0.3) is 0 Å². The fraction of sp³-hybridized carbons (Fsp3) is 0.500. The molecule has 0 spiro atoms. The van der Waals surface area contributed by atoms with E-state index >= 15 is 0 Å². The minimum Gasteiger partial charge on any atom is -0.480 e. The van der Waals surface area contributed by atoms with Gasteiger partial charge in [-0.15, -0.1) is 0 Å². The molecule has 27 heavy (non-hydrogen) atoms. The molecule has 0 saturated heterocycles. The average molecular weight is 402 g/mol. The molecular weight excluding hydrogens is 380 g/mol. The Morgan fingerprint density at radius 3 is 2.37 bits per heavy atom. The first-order valence-corrected chi connectivity index (χ1v) is 8.46. The quantitative estimate of drug-likeness (QED) is 0.173. The van der Waals surface area contributed by atoms with Crippen molar-refractivity contribution in [1.82, 2.24) is 25.9 Å². The summed E-state index contributed by atoms with van der Waals surface area (Å²) in [6, 6.07) is -3.49. The van der Waals surface area contributed by atoms with Gasteiger partial charge >= 0.3 is 5.97 Å². The zero-order valence-corrected chi connectivity index (χ0v) is 15.1. The SMILES string of the molecule is NC(CS)C(=O)NC(CO)C(=O)NC(Cc1cnc[nH]1)C(=O)NCC(=O)O. The molecular formula is C14H22N6O6S. The molecule has 0 bridgehead atoms. The van der Waals surface area contributed by atoms with E-state index in [1.807, 2.05) is 0 Å². The molecule has 1 rings (SSSR count). The van der Waals surface area contributed by atoms with Crippen molar-refractivity contribution >= 4 is 36.3 Å². The zero-order chi connectivity index (χ0) is 20.4. The molecule has 150 valence electrons. The van der Waals surface area contributed by atoms with Crippen LogP contribution >= 0.6 is 12.6 Å². The smallest absolute Gasteiger partial charge is 0.322 e. The largest absolute Gasteiger partial charge is 0.480 e. The number of carboxylic acids is 1. The van der Waals surface area contributed by atoms with Crippen LogP contribution in [0, 0.1) is 0 Å². The molecule has 12 nitrogen and oxygen atoms in total. The number of nitrogens with two attached hydrogens (primary N) is 1. The molecule has 0 aliphatic carbocycles. The van der Waals surface area contributed by atoms with E-state index in [9.17, 15) is 24.3 Å². The maximum Gasteiger partial charge on any atom is 0.322 e. The average Bonchev–Trinajstić information content (AvgIpc) is 3.15. The number of carboxylic acid groups (broad SMARTS) is 1. The summed E-state index contributed by atoms with van der Waals surface area (Å²) in [5.41, 5.74) is 6.00. The molecule has 0 fully saturated rings. The van der Waals surface area contributed by atoms with Crippen molar-refractivity contribution in [2.45, 2.75) is 24.5 Å². The van der Waals surface area contributed by atoms with Crippen molar-refractivity contribution in [2.75, 3.05) is 18.9 Å². The van der Waals surface area contributed by atoms with Crippen LogP contribution < -0.4 is 21.7 Å². The second-order valence-electron chi connectivity index (χ2n) is 5.49. The Balaban J connectivity index is 2.81. The maximum absolute atomic E-state index is 12.3. The Bertz CT molecular complexity index is 655. The predicted octanol–water partition coefficient (Wildman–Crippen LogP) is -3.63. The van der Waals surface area contributed by atoms with Gasteiger partial charge in [-0.25, -0.2) is 4.98 Å². The van der Waals surface area contributed by atoms with Gasteiger partial charge in [-0.2, -0.15) is 12.6 Å². The van der Waals surface area contributed by atoms with E-state index in [0.29, 0.717) is 5.69 Å². The van der Waals surface area contributed by atoms with Crippen molar-refractivity contribution < 1.29 is 29.4 Å². The number of aliphatic carboxylic acids is 1. The van der Waals surface area contributed by atoms with Crippen LogP contribution in [0.3, 0.4) is 0 Å². The Kier molecular flexibility index (Phi) is 9.25. The van der Waals surface area contributed by atoms with Crippen LogP contribution in [-0.2, 0) is 25.6 Å². The molecule has 1 heterocycles. The minimum absolute atomic E-state index is 0.0144. The number of hydrogen-bond acceptors (Lipinski definition) is 8. The second kappa shape index (κ2) is 11.2. The highest BCUT2D eigenvalue weighted by atomic mass is 32.1. The topological polar surface area (TPSA) is 200 Å². The van der Waals surface area contributed by atoms with Gasteiger partial charge in [0.15, 0.2) is 0 Å². The van der Waals surface area contributed by atoms with Gasteiger partial charge in [0.25, 0.3) is 0 Å². The number of imidazole rings is 1. The lowest BCUT2D eigenvalue weighted by Gasteiger charge is -2.22. The number of carbonyl (C=O) groups is 4. The zero-order valence-electron chi connectivity index (χ0n) is 14.2. The van der Waals surface area contributed by atoms with Gasteiger partial charge in [0, 0.05) is 24.1 Å². The van der Waals surface area contributed by atoms with Crippen LogP contribution in [0.5, 0.6) is 0 Å². The van der Waals surface area contributed by atoms with Gasteiger partial charge in [-0.3, -0.25) is 19.2 Å². The van der Waals surface area contributed by atoms with E-state index in [0.717, 1.165) is 0 Å². The summed E-state index contributed by atoms with van der Waals surface area (Å²) in [4.78, 5) is 53.5. The fourth-order valence-electron chi connectivity index (χ4n) is 1.94. The number of H-pyrrole nitrogens is 1. The van der Waals surface area contributed by atoms with E-state index in [-0.39, 0.29) is 12.2 Å². The highest BCUT2D eigenvalue weighted by molar-refractivity contribution is 7.80. The molecule has 1 aromatic rings. The number of thiol groups is 1. The van der Waals surface area contributed by atoms with Crippen molar-refractivity contribution in [3.05, 3.63) is 18.2 Å². The standard InChI is InChI=1S/C14H22N6O6S/c15-8(5-27)12(24)20-10(4-21)14(26)19-9(1-7-2-16-6-18-7)13(25)17-3-11(22)23/h2,6,8-10,21,27H,1,3-5,15H2,(H,16,18)(H,17,25)(H,19,26)(H,20,24)(H,22,23). The number of hydrogen-bond donors (Lipinski definition) is 8. The Labute approximate surface area is 159 Å². The lowest BCUT2D eigenvalue weighted by Crippen LogP contribution is -2.57. The molecule has 3 amide bonds. The number of aliphatic hydroxyl groups excluding tert-OH is 1. The number of aromatic nitrogens is 2. The van der Waals surface area contributed by atoms with Crippen LogP contribution in [0.1, 0.15) is 5.69 Å². The van der Waals surface area contributed by atoms with Crippen molar-refractivity contribution in [3.63, 3.8) is 0 Å². The number of carbonyl (C=O) groups excluding carboxylic acids is 3. The van der Waals surface area contributed by atoms with E-state index in [2.05, 4.69) is 38.5 Å². The second-order valence-corrected chi connectivity index (χ2v) is 5.85. The van der Waals surface area contributed by atoms with Crippen molar-refractivity contribution in [1.29, 1.82) is 0 Å². The Morgan fingerprint density at radius 1 is 1.19 bits per heavy atom. The summed E-state index contributed by atoms with van der Waals surface area (Å²) < 4.78 is 0. The van der Waals surface area contributed by atoms with Gasteiger partial charge < -0.3 is 36.9 Å². The third kappa shape index (κ3) is 7.64. The van der Waals surface area contributed by atoms with Gasteiger partial charge in [-0.1, -0.05) is 0 Å². The monoisotopic (exact) mass is 402 g/mol. The maximum atomic E-state index is 12.3. The van der Waals surface area contributed by atoms with Crippen molar-refractivity contribution in [3.8, 4) is 0 Å². The molecule has 0 aliphatic heterocycles. The number of aromatic amines is 1. The molecule has 13 heteroatoms. The summed E-state index contributed by atoms with van der Waals surface area (Å²) in [6.45, 7) is -1.37. The minimum atomic E-state index is -1.35. The predicted molar refractivity (Wildman–Crippen MR) is 95.7 cm³/mol. The number of rotatable bonds is 11. The molecule has 1 aromatic heterocycles. The Hall–Kier alpha value is -2.64. The van der Waals surface area contributed by atoms with Crippen LogP contribution in [0.15, 0.2) is 12.5 Å². The molecule has 3 unspecified atom stereocenters. The summed E-state index contributed by atoms with van der Waals surface area (Å²) in [5, 5.41) is 24.8. The third-order valence-corrected chi connectivity index (χ3v) is 3.77. The highest BCUT2D eigenvalue weighted by Gasteiger charge is 2.28. The first kappa shape index (κ1) is 22.4. The summed E-state index contributed by atoms with van der Waals surface area (Å²) >= 11 is 3.87. The number of nitrogens with zero attached hydrogens (tertiary/aromatic N) is 1. The normalized spacial score (nSPS) is 13.9. The summed E-state index contributed by atoms with van der Waals surface area (Å²) in [7, 11) is 0. The van der Waals surface area contributed by atoms with Crippen LogP contribution in [-0.4, -0.2) is 80.9 Å². The van der Waals surface area contributed by atoms with Crippen LogP contribution in [0.2, 0.25) is 0 Å². The van der Waals surface area contributed by atoms with Gasteiger partial charge in [-0.05, 0) is 0 Å². The fourth-order valence-corrected chi connectivity index (χ4v) is 2.11. The molecule has 0 aromatic carbocycles. The Morgan fingerprint density at radius 2 is 1.85 bits per heavy atom. The van der Waals surface area contributed by atoms with Crippen molar-refractivity contribution in [2.24, 2.45) is 5.73 Å². The van der Waals surface area contributed by atoms with E-state index in [4.69, 9.17) is 10.8 Å². The summed E-state index contributed by atoms with van der Waals surface area (Å²) in [6.07, 6.45) is 2.79. The number of amides is 3. The summed E-state index contributed by atoms with van der Waals surface area (Å²) in [5.74, 6) is -3.51. The van der Waals surface area contributed by atoms with Gasteiger partial charge in [0.05, 0.1) is 19.0 Å². The highest BCUT2D eigenvalue weighted by Crippen LogP contribution is 2.00.